The van der Waals surface area contributed by atoms with Crippen LogP contribution in [0.25, 0.3) is 0 Å². The summed E-state index contributed by atoms with van der Waals surface area (Å²) >= 11 is 5.97. The summed E-state index contributed by atoms with van der Waals surface area (Å²) in [5.41, 5.74) is 2.12. The largest absolute Gasteiger partial charge is 0.493 e. The van der Waals surface area contributed by atoms with Gasteiger partial charge >= 0.3 is 6.09 Å². The standard InChI is InChI=1S/C20H25ClN2O3/c1-14-13-16(21)7-10-19(14)25-12-11-18(22-2)15-5-8-17(9-6-15)26-20(24)23(3)4/h5-10,13,18,22H,11-12H2,1-4H3. The van der Waals surface area contributed by atoms with Crippen LogP contribution in [0.1, 0.15) is 23.6 Å². The van der Waals surface area contributed by atoms with Crippen LogP contribution in [-0.2, 0) is 0 Å². The smallest absolute Gasteiger partial charge is 0.414 e. The number of hydrogen-bond acceptors (Lipinski definition) is 4. The van der Waals surface area contributed by atoms with Gasteiger partial charge in [0.2, 0.25) is 0 Å². The van der Waals surface area contributed by atoms with Crippen molar-refractivity contribution in [3.05, 3.63) is 58.6 Å². The maximum Gasteiger partial charge on any atom is 0.414 e. The summed E-state index contributed by atoms with van der Waals surface area (Å²) in [5, 5.41) is 4.00. The number of hydrogen-bond donors (Lipinski definition) is 1. The molecule has 0 saturated heterocycles. The summed E-state index contributed by atoms with van der Waals surface area (Å²) in [6.07, 6.45) is 0.407. The molecule has 0 aromatic heterocycles. The van der Waals surface area contributed by atoms with Crippen molar-refractivity contribution in [1.29, 1.82) is 0 Å². The number of amides is 1. The van der Waals surface area contributed by atoms with Gasteiger partial charge in [0, 0.05) is 31.6 Å². The van der Waals surface area contributed by atoms with Gasteiger partial charge in [-0.3, -0.25) is 0 Å². The molecule has 1 amide bonds. The van der Waals surface area contributed by atoms with Crippen molar-refractivity contribution in [2.45, 2.75) is 19.4 Å². The topological polar surface area (TPSA) is 50.8 Å². The number of carbonyl (C=O) groups excluding carboxylic acids is 1. The van der Waals surface area contributed by atoms with Crippen molar-refractivity contribution < 1.29 is 14.3 Å². The van der Waals surface area contributed by atoms with Crippen molar-refractivity contribution in [2.75, 3.05) is 27.7 Å². The maximum atomic E-state index is 11.6. The number of rotatable bonds is 7. The van der Waals surface area contributed by atoms with Crippen LogP contribution in [0.3, 0.4) is 0 Å². The third-order valence-electron chi connectivity index (χ3n) is 4.00. The van der Waals surface area contributed by atoms with Crippen molar-refractivity contribution in [1.82, 2.24) is 10.2 Å². The Balaban J connectivity index is 1.92. The van der Waals surface area contributed by atoms with E-state index in [1.807, 2.05) is 44.3 Å². The highest BCUT2D eigenvalue weighted by Gasteiger charge is 2.12. The molecule has 26 heavy (non-hydrogen) atoms. The summed E-state index contributed by atoms with van der Waals surface area (Å²) in [5.74, 6) is 1.37. The van der Waals surface area contributed by atoms with Crippen LogP contribution >= 0.6 is 11.6 Å². The fourth-order valence-electron chi connectivity index (χ4n) is 2.50. The molecular weight excluding hydrogens is 352 g/mol. The lowest BCUT2D eigenvalue weighted by molar-refractivity contribution is 0.172. The van der Waals surface area contributed by atoms with Gasteiger partial charge in [-0.05, 0) is 55.4 Å². The van der Waals surface area contributed by atoms with E-state index >= 15 is 0 Å². The van der Waals surface area contributed by atoms with Crippen LogP contribution in [-0.4, -0.2) is 38.7 Å². The van der Waals surface area contributed by atoms with E-state index in [-0.39, 0.29) is 6.04 Å². The van der Waals surface area contributed by atoms with E-state index in [9.17, 15) is 4.79 Å². The number of carbonyl (C=O) groups is 1. The van der Waals surface area contributed by atoms with E-state index in [4.69, 9.17) is 21.1 Å². The van der Waals surface area contributed by atoms with Gasteiger partial charge in [0.05, 0.1) is 6.61 Å². The minimum atomic E-state index is -0.394. The second kappa shape index (κ2) is 9.46. The Hall–Kier alpha value is -2.24. The second-order valence-electron chi connectivity index (χ2n) is 6.22. The van der Waals surface area contributed by atoms with Crippen LogP contribution in [0.15, 0.2) is 42.5 Å². The van der Waals surface area contributed by atoms with E-state index in [1.165, 1.54) is 4.90 Å². The molecule has 1 N–H and O–H groups in total. The number of benzene rings is 2. The van der Waals surface area contributed by atoms with Crippen molar-refractivity contribution in [3.8, 4) is 11.5 Å². The quantitative estimate of drug-likeness (QED) is 0.776. The van der Waals surface area contributed by atoms with Crippen LogP contribution in [0.4, 0.5) is 4.79 Å². The predicted molar refractivity (Wildman–Crippen MR) is 104 cm³/mol. The van der Waals surface area contributed by atoms with Gasteiger partial charge in [-0.25, -0.2) is 4.79 Å². The lowest BCUT2D eigenvalue weighted by Gasteiger charge is -2.18. The normalized spacial score (nSPS) is 11.7. The molecule has 1 unspecified atom stereocenters. The van der Waals surface area contributed by atoms with Gasteiger partial charge in [-0.15, -0.1) is 0 Å². The third kappa shape index (κ3) is 5.64. The molecule has 2 rings (SSSR count). The molecule has 0 aliphatic heterocycles. The molecule has 1 atom stereocenters. The lowest BCUT2D eigenvalue weighted by Crippen LogP contribution is -2.25. The van der Waals surface area contributed by atoms with Crippen molar-refractivity contribution >= 4 is 17.7 Å². The average molecular weight is 377 g/mol. The van der Waals surface area contributed by atoms with Crippen LogP contribution in [0.5, 0.6) is 11.5 Å². The molecule has 0 heterocycles. The Bertz CT molecular complexity index is 732. The summed E-state index contributed by atoms with van der Waals surface area (Å²) in [6.45, 7) is 2.55. The molecule has 140 valence electrons. The number of nitrogens with one attached hydrogen (secondary N) is 1. The first-order chi connectivity index (χ1) is 12.4. The molecular formula is C20H25ClN2O3. The fourth-order valence-corrected chi connectivity index (χ4v) is 2.73. The summed E-state index contributed by atoms with van der Waals surface area (Å²) in [4.78, 5) is 13.0. The van der Waals surface area contributed by atoms with E-state index in [2.05, 4.69) is 5.32 Å². The fraction of sp³-hybridized carbons (Fsp3) is 0.350. The summed E-state index contributed by atoms with van der Waals surface area (Å²) in [7, 11) is 5.21. The average Bonchev–Trinajstić information content (AvgIpc) is 2.61. The molecule has 0 spiro atoms. The van der Waals surface area contributed by atoms with Crippen LogP contribution in [0.2, 0.25) is 5.02 Å². The Labute approximate surface area is 159 Å². The summed E-state index contributed by atoms with van der Waals surface area (Å²) in [6, 6.07) is 13.2. The molecule has 2 aromatic rings. The molecule has 0 bridgehead atoms. The molecule has 0 aliphatic rings. The van der Waals surface area contributed by atoms with Crippen molar-refractivity contribution in [2.24, 2.45) is 0 Å². The molecule has 5 nitrogen and oxygen atoms in total. The monoisotopic (exact) mass is 376 g/mol. The molecule has 2 aromatic carbocycles. The van der Waals surface area contributed by atoms with E-state index in [0.717, 1.165) is 23.3 Å². The molecule has 0 fully saturated rings. The van der Waals surface area contributed by atoms with Crippen LogP contribution in [0, 0.1) is 6.92 Å². The number of ether oxygens (including phenoxy) is 2. The highest BCUT2D eigenvalue weighted by molar-refractivity contribution is 6.30. The van der Waals surface area contributed by atoms with E-state index in [0.29, 0.717) is 17.4 Å². The van der Waals surface area contributed by atoms with Gasteiger partial charge in [0.1, 0.15) is 11.5 Å². The molecule has 0 saturated carbocycles. The highest BCUT2D eigenvalue weighted by Crippen LogP contribution is 2.24. The van der Waals surface area contributed by atoms with Crippen LogP contribution < -0.4 is 14.8 Å². The SMILES string of the molecule is CNC(CCOc1ccc(Cl)cc1C)c1ccc(OC(=O)N(C)C)cc1. The molecule has 6 heteroatoms. The second-order valence-corrected chi connectivity index (χ2v) is 6.66. The Morgan fingerprint density at radius 1 is 1.19 bits per heavy atom. The van der Waals surface area contributed by atoms with Gasteiger partial charge in [-0.2, -0.15) is 0 Å². The lowest BCUT2D eigenvalue weighted by atomic mass is 10.0. The van der Waals surface area contributed by atoms with Crippen molar-refractivity contribution in [3.63, 3.8) is 0 Å². The van der Waals surface area contributed by atoms with E-state index < -0.39 is 6.09 Å². The zero-order valence-corrected chi connectivity index (χ0v) is 16.3. The molecule has 0 radical (unpaired) electrons. The minimum Gasteiger partial charge on any atom is -0.493 e. The first-order valence-corrected chi connectivity index (χ1v) is 8.84. The highest BCUT2D eigenvalue weighted by atomic mass is 35.5. The summed E-state index contributed by atoms with van der Waals surface area (Å²) < 4.78 is 11.1. The van der Waals surface area contributed by atoms with E-state index in [1.54, 1.807) is 26.2 Å². The zero-order valence-electron chi connectivity index (χ0n) is 15.6. The predicted octanol–water partition coefficient (Wildman–Crippen LogP) is 4.44. The maximum absolute atomic E-state index is 11.6. The number of nitrogens with zero attached hydrogens (tertiary/aromatic N) is 1. The van der Waals surface area contributed by atoms with Gasteiger partial charge < -0.3 is 19.7 Å². The van der Waals surface area contributed by atoms with Gasteiger partial charge in [-0.1, -0.05) is 23.7 Å². The Morgan fingerprint density at radius 3 is 2.46 bits per heavy atom. The zero-order chi connectivity index (χ0) is 19.1. The number of aryl methyl sites for hydroxylation is 1. The van der Waals surface area contributed by atoms with Gasteiger partial charge in [0.25, 0.3) is 0 Å². The minimum absolute atomic E-state index is 0.140. The Kier molecular flexibility index (Phi) is 7.30. The first-order valence-electron chi connectivity index (χ1n) is 8.46. The molecule has 0 aliphatic carbocycles. The first kappa shape index (κ1) is 20.1. The number of halogens is 1. The Morgan fingerprint density at radius 2 is 1.88 bits per heavy atom. The van der Waals surface area contributed by atoms with Gasteiger partial charge in [0.15, 0.2) is 0 Å². The third-order valence-corrected chi connectivity index (χ3v) is 4.24.